The average molecular weight is 334 g/mol. The van der Waals surface area contributed by atoms with Crippen molar-refractivity contribution in [2.45, 2.75) is 25.4 Å². The first-order chi connectivity index (χ1) is 8.83. The van der Waals surface area contributed by atoms with E-state index in [-0.39, 0.29) is 24.8 Å². The normalized spacial score (nSPS) is 21.1. The Hall–Kier alpha value is -0.420. The topological polar surface area (TPSA) is 27.6 Å². The number of rotatable bonds is 2. The smallest absolute Gasteiger partial charge is 0.161 e. The second kappa shape index (κ2) is 8.13. The van der Waals surface area contributed by atoms with Gasteiger partial charge in [-0.15, -0.1) is 24.8 Å². The van der Waals surface area contributed by atoms with E-state index >= 15 is 0 Å². The first-order valence-corrected chi connectivity index (χ1v) is 7.54. The van der Waals surface area contributed by atoms with Crippen molar-refractivity contribution in [2.75, 3.05) is 24.7 Å². The molecule has 20 heavy (non-hydrogen) atoms. The Kier molecular flexibility index (Phi) is 7.17. The molecule has 3 nitrogen and oxygen atoms in total. The number of nitrogens with one attached hydrogen (secondary N) is 1. The molecule has 1 aromatic carbocycles. The Morgan fingerprint density at radius 3 is 2.90 bits per heavy atom. The van der Waals surface area contributed by atoms with Gasteiger partial charge in [0.05, 0.1) is 6.54 Å². The zero-order chi connectivity index (χ0) is 12.4. The fourth-order valence-electron chi connectivity index (χ4n) is 2.54. The molecule has 1 unspecified atom stereocenters. The highest BCUT2D eigenvalue weighted by atomic mass is 35.5. The van der Waals surface area contributed by atoms with Gasteiger partial charge in [0.25, 0.3) is 0 Å². The third kappa shape index (κ3) is 4.04. The maximum atomic E-state index is 4.61. The lowest BCUT2D eigenvalue weighted by Gasteiger charge is -2.21. The summed E-state index contributed by atoms with van der Waals surface area (Å²) in [4.78, 5) is 7.07. The van der Waals surface area contributed by atoms with Crippen molar-refractivity contribution in [3.8, 4) is 0 Å². The number of likely N-dealkylation sites (tertiary alicyclic amines) is 1. The molecule has 1 fully saturated rings. The Balaban J connectivity index is 0.000001000. The van der Waals surface area contributed by atoms with Crippen LogP contribution in [0.2, 0.25) is 0 Å². The first-order valence-electron chi connectivity index (χ1n) is 6.55. The number of benzene rings is 1. The van der Waals surface area contributed by atoms with E-state index in [2.05, 4.69) is 46.5 Å². The fraction of sp³-hybridized carbons (Fsp3) is 0.500. The number of thioether (sulfide) groups is 1. The van der Waals surface area contributed by atoms with Crippen LogP contribution in [0.3, 0.4) is 0 Å². The molecule has 1 N–H and O–H groups in total. The number of amidine groups is 1. The third-order valence-corrected chi connectivity index (χ3v) is 4.79. The van der Waals surface area contributed by atoms with Gasteiger partial charge in [0.15, 0.2) is 5.17 Å². The van der Waals surface area contributed by atoms with Gasteiger partial charge in [-0.2, -0.15) is 0 Å². The predicted octanol–water partition coefficient (Wildman–Crippen LogP) is 3.64. The van der Waals surface area contributed by atoms with E-state index < -0.39 is 0 Å². The van der Waals surface area contributed by atoms with Gasteiger partial charge >= 0.3 is 0 Å². The molecular formula is C14H21Cl2N3S. The fourth-order valence-corrected chi connectivity index (χ4v) is 3.65. The van der Waals surface area contributed by atoms with Crippen molar-refractivity contribution >= 4 is 47.4 Å². The molecule has 0 spiro atoms. The molecule has 6 heteroatoms. The maximum absolute atomic E-state index is 4.61. The van der Waals surface area contributed by atoms with Crippen molar-refractivity contribution < 1.29 is 0 Å². The Morgan fingerprint density at radius 2 is 2.15 bits per heavy atom. The maximum Gasteiger partial charge on any atom is 0.161 e. The lowest BCUT2D eigenvalue weighted by molar-refractivity contribution is 0.335. The third-order valence-electron chi connectivity index (χ3n) is 3.74. The van der Waals surface area contributed by atoms with Crippen LogP contribution in [-0.2, 0) is 6.54 Å². The van der Waals surface area contributed by atoms with Gasteiger partial charge in [0.1, 0.15) is 0 Å². The standard InChI is InChI=1S/C14H19N3S.2ClH/c1-17-8-4-6-12(17)10-18-14-15-9-11-5-2-3-7-13(11)16-14;;/h2-3,5,7,12H,4,6,8-10H2,1H3,(H,15,16);2*1H. The number of aliphatic imine (C=N–C) groups is 1. The van der Waals surface area contributed by atoms with Gasteiger partial charge in [-0.3, -0.25) is 4.99 Å². The minimum Gasteiger partial charge on any atom is -0.335 e. The van der Waals surface area contributed by atoms with E-state index in [0.717, 1.165) is 23.5 Å². The van der Waals surface area contributed by atoms with E-state index in [1.165, 1.54) is 30.6 Å². The molecule has 0 amide bonds. The molecule has 0 aliphatic carbocycles. The molecule has 0 saturated carbocycles. The molecule has 2 aliphatic rings. The van der Waals surface area contributed by atoms with Crippen LogP contribution in [0.5, 0.6) is 0 Å². The molecule has 1 saturated heterocycles. The summed E-state index contributed by atoms with van der Waals surface area (Å²) in [7, 11) is 2.23. The van der Waals surface area contributed by atoms with Crippen molar-refractivity contribution in [3.05, 3.63) is 29.8 Å². The molecule has 112 valence electrons. The van der Waals surface area contributed by atoms with E-state index in [1.54, 1.807) is 0 Å². The van der Waals surface area contributed by atoms with Gasteiger partial charge in [0, 0.05) is 17.5 Å². The quantitative estimate of drug-likeness (QED) is 0.895. The van der Waals surface area contributed by atoms with Crippen LogP contribution in [-0.4, -0.2) is 35.5 Å². The van der Waals surface area contributed by atoms with Gasteiger partial charge in [-0.25, -0.2) is 0 Å². The Labute approximate surface area is 137 Å². The monoisotopic (exact) mass is 333 g/mol. The Morgan fingerprint density at radius 1 is 1.35 bits per heavy atom. The number of para-hydroxylation sites is 1. The molecule has 1 aromatic rings. The zero-order valence-electron chi connectivity index (χ0n) is 11.5. The van der Waals surface area contributed by atoms with Crippen molar-refractivity contribution in [1.82, 2.24) is 4.90 Å². The first kappa shape index (κ1) is 17.6. The lowest BCUT2D eigenvalue weighted by Crippen LogP contribution is -2.28. The molecule has 2 heterocycles. The number of halogens is 2. The minimum atomic E-state index is 0. The summed E-state index contributed by atoms with van der Waals surface area (Å²) in [6.45, 7) is 2.06. The molecule has 0 radical (unpaired) electrons. The summed E-state index contributed by atoms with van der Waals surface area (Å²) in [6, 6.07) is 9.13. The lowest BCUT2D eigenvalue weighted by atomic mass is 10.1. The van der Waals surface area contributed by atoms with Crippen molar-refractivity contribution in [1.29, 1.82) is 0 Å². The number of anilines is 1. The van der Waals surface area contributed by atoms with Crippen LogP contribution in [0.1, 0.15) is 18.4 Å². The van der Waals surface area contributed by atoms with Crippen LogP contribution in [0.25, 0.3) is 0 Å². The van der Waals surface area contributed by atoms with E-state index in [1.807, 2.05) is 11.8 Å². The van der Waals surface area contributed by atoms with Gasteiger partial charge in [-0.1, -0.05) is 30.0 Å². The van der Waals surface area contributed by atoms with Gasteiger partial charge < -0.3 is 10.2 Å². The van der Waals surface area contributed by atoms with Crippen LogP contribution in [0.15, 0.2) is 29.3 Å². The summed E-state index contributed by atoms with van der Waals surface area (Å²) >= 11 is 1.86. The van der Waals surface area contributed by atoms with Crippen LogP contribution < -0.4 is 5.32 Å². The summed E-state index contributed by atoms with van der Waals surface area (Å²) in [5.41, 5.74) is 2.51. The highest BCUT2D eigenvalue weighted by Gasteiger charge is 2.22. The van der Waals surface area contributed by atoms with Crippen molar-refractivity contribution in [3.63, 3.8) is 0 Å². The molecule has 0 aromatic heterocycles. The zero-order valence-corrected chi connectivity index (χ0v) is 14.0. The number of fused-ring (bicyclic) bond motifs is 1. The molecule has 3 rings (SSSR count). The van der Waals surface area contributed by atoms with Crippen molar-refractivity contribution in [2.24, 2.45) is 4.99 Å². The van der Waals surface area contributed by atoms with Crippen LogP contribution >= 0.6 is 36.6 Å². The highest BCUT2D eigenvalue weighted by Crippen LogP contribution is 2.25. The second-order valence-electron chi connectivity index (χ2n) is 4.99. The van der Waals surface area contributed by atoms with E-state index in [4.69, 9.17) is 0 Å². The highest BCUT2D eigenvalue weighted by molar-refractivity contribution is 8.14. The SMILES string of the molecule is CN1CCCC1CSC1=NCc2ccccc2N1.Cl.Cl. The number of hydrogen-bond acceptors (Lipinski definition) is 4. The van der Waals surface area contributed by atoms with E-state index in [9.17, 15) is 0 Å². The summed E-state index contributed by atoms with van der Waals surface area (Å²) in [5, 5.41) is 4.51. The second-order valence-corrected chi connectivity index (χ2v) is 6.00. The summed E-state index contributed by atoms with van der Waals surface area (Å²) < 4.78 is 0. The number of hydrogen-bond donors (Lipinski definition) is 1. The average Bonchev–Trinajstić information content (AvgIpc) is 2.82. The molecular weight excluding hydrogens is 313 g/mol. The summed E-state index contributed by atoms with van der Waals surface area (Å²) in [6.07, 6.45) is 2.66. The van der Waals surface area contributed by atoms with Crippen LogP contribution in [0.4, 0.5) is 5.69 Å². The van der Waals surface area contributed by atoms with Gasteiger partial charge in [0.2, 0.25) is 0 Å². The predicted molar refractivity (Wildman–Crippen MR) is 93.8 cm³/mol. The van der Waals surface area contributed by atoms with Crippen LogP contribution in [0, 0.1) is 0 Å². The Bertz CT molecular complexity index is 467. The number of nitrogens with zero attached hydrogens (tertiary/aromatic N) is 2. The summed E-state index contributed by atoms with van der Waals surface area (Å²) in [5.74, 6) is 1.14. The molecule has 2 aliphatic heterocycles. The minimum absolute atomic E-state index is 0. The largest absolute Gasteiger partial charge is 0.335 e. The molecule has 0 bridgehead atoms. The van der Waals surface area contributed by atoms with E-state index in [0.29, 0.717) is 0 Å². The molecule has 1 atom stereocenters. The van der Waals surface area contributed by atoms with Gasteiger partial charge in [-0.05, 0) is 38.1 Å².